The Hall–Kier alpha value is -2.38. The Morgan fingerprint density at radius 2 is 2.44 bits per heavy atom. The topological polar surface area (TPSA) is 107 Å². The van der Waals surface area contributed by atoms with Gasteiger partial charge in [0.05, 0.1) is 12.7 Å². The van der Waals surface area contributed by atoms with Crippen LogP contribution in [-0.2, 0) is 13.6 Å². The summed E-state index contributed by atoms with van der Waals surface area (Å²) in [4.78, 5) is 3.90. The molecule has 0 unspecified atom stereocenters. The first kappa shape index (κ1) is 10.1. The average Bonchev–Trinajstić information content (AvgIpc) is 2.87. The second-order valence-corrected chi connectivity index (χ2v) is 3.27. The van der Waals surface area contributed by atoms with Crippen molar-refractivity contribution in [3.8, 4) is 0 Å². The number of nitrogens with zero attached hydrogens (tertiary/aromatic N) is 6. The van der Waals surface area contributed by atoms with E-state index in [1.807, 2.05) is 13.2 Å². The van der Waals surface area contributed by atoms with Crippen LogP contribution in [0.15, 0.2) is 23.9 Å². The maximum atomic E-state index is 8.45. The van der Waals surface area contributed by atoms with Crippen LogP contribution in [0, 0.1) is 0 Å². The van der Waals surface area contributed by atoms with Gasteiger partial charge in [0.15, 0.2) is 0 Å². The molecule has 16 heavy (non-hydrogen) atoms. The lowest BCUT2D eigenvalue weighted by atomic mass is 10.4. The quantitative estimate of drug-likeness (QED) is 0.304. The van der Waals surface area contributed by atoms with Crippen LogP contribution >= 0.6 is 0 Å². The zero-order valence-electron chi connectivity index (χ0n) is 8.65. The van der Waals surface area contributed by atoms with E-state index in [1.165, 1.54) is 6.33 Å². The van der Waals surface area contributed by atoms with Gasteiger partial charge in [0.2, 0.25) is 11.7 Å². The van der Waals surface area contributed by atoms with Gasteiger partial charge in [-0.1, -0.05) is 5.16 Å². The standard InChI is InChI=1S/C8H11N7O/c1-14-3-6(2-11-14)4-15-5-10-8(12-15)7(9)13-16/h2-3,5,16H,4H2,1H3,(H2,9,13). The number of nitrogens with two attached hydrogens (primary N) is 1. The van der Waals surface area contributed by atoms with Crippen molar-refractivity contribution < 1.29 is 5.21 Å². The molecular formula is C8H11N7O. The minimum Gasteiger partial charge on any atom is -0.409 e. The highest BCUT2D eigenvalue weighted by atomic mass is 16.4. The summed E-state index contributed by atoms with van der Waals surface area (Å²) in [5, 5.41) is 19.3. The number of hydrogen-bond acceptors (Lipinski definition) is 5. The zero-order chi connectivity index (χ0) is 11.5. The Kier molecular flexibility index (Phi) is 2.54. The molecule has 0 atom stereocenters. The van der Waals surface area contributed by atoms with E-state index in [9.17, 15) is 0 Å². The molecule has 3 N–H and O–H groups in total. The molecule has 0 aliphatic rings. The Labute approximate surface area is 91.0 Å². The van der Waals surface area contributed by atoms with Gasteiger partial charge in [-0.3, -0.25) is 4.68 Å². The first-order chi connectivity index (χ1) is 7.69. The summed E-state index contributed by atoms with van der Waals surface area (Å²) in [6.07, 6.45) is 5.13. The van der Waals surface area contributed by atoms with Crippen molar-refractivity contribution in [1.29, 1.82) is 0 Å². The highest BCUT2D eigenvalue weighted by molar-refractivity contribution is 5.93. The fourth-order valence-electron chi connectivity index (χ4n) is 1.27. The smallest absolute Gasteiger partial charge is 0.219 e. The highest BCUT2D eigenvalue weighted by Crippen LogP contribution is 1.99. The van der Waals surface area contributed by atoms with Crippen molar-refractivity contribution >= 4 is 5.84 Å². The molecule has 0 aliphatic carbocycles. The average molecular weight is 221 g/mol. The number of hydrogen-bond donors (Lipinski definition) is 2. The molecule has 0 radical (unpaired) electrons. The van der Waals surface area contributed by atoms with Gasteiger partial charge < -0.3 is 10.9 Å². The molecule has 0 fully saturated rings. The summed E-state index contributed by atoms with van der Waals surface area (Å²) in [5.41, 5.74) is 6.35. The van der Waals surface area contributed by atoms with Crippen LogP contribution in [-0.4, -0.2) is 35.6 Å². The number of oxime groups is 1. The molecule has 0 saturated heterocycles. The van der Waals surface area contributed by atoms with Crippen molar-refractivity contribution in [3.05, 3.63) is 30.1 Å². The molecule has 8 nitrogen and oxygen atoms in total. The lowest BCUT2D eigenvalue weighted by molar-refractivity contribution is 0.318. The predicted molar refractivity (Wildman–Crippen MR) is 54.8 cm³/mol. The van der Waals surface area contributed by atoms with E-state index in [0.29, 0.717) is 6.54 Å². The Bertz CT molecular complexity index is 512. The SMILES string of the molecule is Cn1cc(Cn2cnc(C(N)=NO)n2)cn1. The molecular weight excluding hydrogens is 210 g/mol. The number of amidine groups is 1. The first-order valence-electron chi connectivity index (χ1n) is 4.54. The van der Waals surface area contributed by atoms with Crippen LogP contribution in [0.4, 0.5) is 0 Å². The molecule has 0 saturated carbocycles. The minimum atomic E-state index is -0.107. The fraction of sp³-hybridized carbons (Fsp3) is 0.250. The number of aromatic nitrogens is 5. The van der Waals surface area contributed by atoms with Crippen LogP contribution < -0.4 is 5.73 Å². The molecule has 2 rings (SSSR count). The first-order valence-corrected chi connectivity index (χ1v) is 4.54. The third-order valence-electron chi connectivity index (χ3n) is 1.98. The summed E-state index contributed by atoms with van der Waals surface area (Å²) in [6, 6.07) is 0. The molecule has 8 heteroatoms. The molecule has 2 aromatic rings. The Morgan fingerprint density at radius 1 is 1.62 bits per heavy atom. The molecule has 0 aliphatic heterocycles. The number of rotatable bonds is 3. The second kappa shape index (κ2) is 4.01. The monoisotopic (exact) mass is 221 g/mol. The van der Waals surface area contributed by atoms with Gasteiger partial charge in [0.25, 0.3) is 0 Å². The van der Waals surface area contributed by atoms with E-state index < -0.39 is 0 Å². The second-order valence-electron chi connectivity index (χ2n) is 3.27. The van der Waals surface area contributed by atoms with Gasteiger partial charge in [0.1, 0.15) is 6.33 Å². The van der Waals surface area contributed by atoms with Crippen molar-refractivity contribution in [2.75, 3.05) is 0 Å². The predicted octanol–water partition coefficient (Wildman–Crippen LogP) is -0.846. The number of aryl methyl sites for hydroxylation is 1. The zero-order valence-corrected chi connectivity index (χ0v) is 8.65. The van der Waals surface area contributed by atoms with E-state index in [4.69, 9.17) is 10.9 Å². The van der Waals surface area contributed by atoms with Gasteiger partial charge in [0, 0.05) is 18.8 Å². The van der Waals surface area contributed by atoms with E-state index in [1.54, 1.807) is 15.6 Å². The van der Waals surface area contributed by atoms with Crippen LogP contribution in [0.5, 0.6) is 0 Å². The summed E-state index contributed by atoms with van der Waals surface area (Å²) in [6.45, 7) is 0.541. The summed E-state index contributed by atoms with van der Waals surface area (Å²) in [7, 11) is 1.84. The highest BCUT2D eigenvalue weighted by Gasteiger charge is 2.06. The lowest BCUT2D eigenvalue weighted by Gasteiger charge is -1.95. The van der Waals surface area contributed by atoms with Gasteiger partial charge >= 0.3 is 0 Å². The normalized spacial score (nSPS) is 11.9. The maximum absolute atomic E-state index is 8.45. The van der Waals surface area contributed by atoms with E-state index in [0.717, 1.165) is 5.56 Å². The van der Waals surface area contributed by atoms with E-state index in [-0.39, 0.29) is 11.7 Å². The van der Waals surface area contributed by atoms with E-state index >= 15 is 0 Å². The molecule has 0 amide bonds. The summed E-state index contributed by atoms with van der Waals surface area (Å²) >= 11 is 0. The Morgan fingerprint density at radius 3 is 3.06 bits per heavy atom. The van der Waals surface area contributed by atoms with E-state index in [2.05, 4.69) is 20.3 Å². The largest absolute Gasteiger partial charge is 0.409 e. The van der Waals surface area contributed by atoms with Crippen LogP contribution in [0.1, 0.15) is 11.4 Å². The molecule has 0 bridgehead atoms. The van der Waals surface area contributed by atoms with Crippen molar-refractivity contribution in [3.63, 3.8) is 0 Å². The minimum absolute atomic E-state index is 0.107. The van der Waals surface area contributed by atoms with Crippen molar-refractivity contribution in [1.82, 2.24) is 24.5 Å². The summed E-state index contributed by atoms with van der Waals surface area (Å²) in [5.74, 6) is 0.0938. The van der Waals surface area contributed by atoms with Crippen molar-refractivity contribution in [2.24, 2.45) is 17.9 Å². The van der Waals surface area contributed by atoms with Gasteiger partial charge in [-0.05, 0) is 0 Å². The van der Waals surface area contributed by atoms with Crippen LogP contribution in [0.3, 0.4) is 0 Å². The third kappa shape index (κ3) is 2.00. The molecule has 84 valence electrons. The van der Waals surface area contributed by atoms with Crippen LogP contribution in [0.25, 0.3) is 0 Å². The van der Waals surface area contributed by atoms with Gasteiger partial charge in [-0.2, -0.15) is 5.10 Å². The molecule has 0 aromatic carbocycles. The molecule has 0 spiro atoms. The molecule has 2 heterocycles. The van der Waals surface area contributed by atoms with Crippen molar-refractivity contribution in [2.45, 2.75) is 6.54 Å². The molecule has 2 aromatic heterocycles. The fourth-order valence-corrected chi connectivity index (χ4v) is 1.27. The maximum Gasteiger partial charge on any atom is 0.219 e. The van der Waals surface area contributed by atoms with Gasteiger partial charge in [-0.25, -0.2) is 9.67 Å². The van der Waals surface area contributed by atoms with Gasteiger partial charge in [-0.15, -0.1) is 5.10 Å². The van der Waals surface area contributed by atoms with Crippen LogP contribution in [0.2, 0.25) is 0 Å². The lowest BCUT2D eigenvalue weighted by Crippen LogP contribution is -2.15. The summed E-state index contributed by atoms with van der Waals surface area (Å²) < 4.78 is 3.29. The third-order valence-corrected chi connectivity index (χ3v) is 1.98. The Balaban J connectivity index is 2.14.